The summed E-state index contributed by atoms with van der Waals surface area (Å²) in [7, 11) is -2.29. The summed E-state index contributed by atoms with van der Waals surface area (Å²) in [4.78, 5) is -0.100. The van der Waals surface area contributed by atoms with Gasteiger partial charge in [0, 0.05) is 23.9 Å². The van der Waals surface area contributed by atoms with Crippen LogP contribution in [0.25, 0.3) is 0 Å². The summed E-state index contributed by atoms with van der Waals surface area (Å²) in [6.07, 6.45) is 0. The van der Waals surface area contributed by atoms with E-state index in [0.29, 0.717) is 4.47 Å². The molecular weight excluding hydrogens is 372 g/mol. The Hall–Kier alpha value is 0.480. The summed E-state index contributed by atoms with van der Waals surface area (Å²) < 4.78 is 26.0. The van der Waals surface area contributed by atoms with Crippen molar-refractivity contribution in [2.45, 2.75) is 4.90 Å². The van der Waals surface area contributed by atoms with Gasteiger partial charge in [0.05, 0.1) is 10.0 Å². The van der Waals surface area contributed by atoms with Gasteiger partial charge < -0.3 is 0 Å². The monoisotopic (exact) mass is 379 g/mol. The third kappa shape index (κ3) is 3.49. The van der Waals surface area contributed by atoms with E-state index in [1.807, 2.05) is 0 Å². The Balaban J connectivity index is 3.34. The Morgan fingerprint density at radius 3 is 2.18 bits per heavy atom. The Labute approximate surface area is 124 Å². The number of hydrogen-bond acceptors (Lipinski definition) is 2. The maximum Gasteiger partial charge on any atom is 0.245 e. The molecular formula is C9H9BrCl3NO2S. The summed E-state index contributed by atoms with van der Waals surface area (Å²) in [5.74, 6) is 0.196. The van der Waals surface area contributed by atoms with Crippen molar-refractivity contribution in [3.8, 4) is 0 Å². The third-order valence-corrected chi connectivity index (χ3v) is 5.44. The van der Waals surface area contributed by atoms with E-state index >= 15 is 0 Å². The summed E-state index contributed by atoms with van der Waals surface area (Å²) in [5.41, 5.74) is 0. The molecule has 0 aliphatic rings. The summed E-state index contributed by atoms with van der Waals surface area (Å²) >= 11 is 20.5. The Morgan fingerprint density at radius 2 is 1.76 bits per heavy atom. The molecule has 0 fully saturated rings. The molecule has 1 aromatic carbocycles. The van der Waals surface area contributed by atoms with Crippen LogP contribution in [-0.4, -0.2) is 32.2 Å². The molecule has 96 valence electrons. The molecule has 1 rings (SSSR count). The molecule has 0 amide bonds. The Bertz CT molecular complexity index is 498. The van der Waals surface area contributed by atoms with Crippen molar-refractivity contribution in [2.75, 3.05) is 19.5 Å². The van der Waals surface area contributed by atoms with Crippen LogP contribution in [-0.2, 0) is 10.0 Å². The largest absolute Gasteiger partial charge is 0.245 e. The molecule has 3 nitrogen and oxygen atoms in total. The number of hydrogen-bond donors (Lipinski definition) is 0. The summed E-state index contributed by atoms with van der Waals surface area (Å²) in [6, 6.07) is 2.96. The first-order valence-electron chi connectivity index (χ1n) is 4.47. The molecule has 8 heteroatoms. The van der Waals surface area contributed by atoms with Crippen molar-refractivity contribution in [1.29, 1.82) is 0 Å². The van der Waals surface area contributed by atoms with E-state index in [-0.39, 0.29) is 27.4 Å². The zero-order chi connectivity index (χ0) is 13.2. The van der Waals surface area contributed by atoms with Crippen LogP contribution >= 0.6 is 50.7 Å². The maximum absolute atomic E-state index is 12.2. The van der Waals surface area contributed by atoms with Crippen molar-refractivity contribution >= 4 is 60.8 Å². The van der Waals surface area contributed by atoms with Crippen LogP contribution in [0.1, 0.15) is 0 Å². The predicted molar refractivity (Wildman–Crippen MR) is 74.7 cm³/mol. The number of rotatable bonds is 4. The molecule has 0 aliphatic carbocycles. The molecule has 0 bridgehead atoms. The fourth-order valence-corrected chi connectivity index (χ4v) is 4.57. The second kappa shape index (κ2) is 6.08. The van der Waals surface area contributed by atoms with E-state index in [9.17, 15) is 8.42 Å². The quantitative estimate of drug-likeness (QED) is 0.747. The average Bonchev–Trinajstić information content (AvgIpc) is 2.15. The number of benzene rings is 1. The van der Waals surface area contributed by atoms with Crippen LogP contribution in [0.5, 0.6) is 0 Å². The van der Waals surface area contributed by atoms with Gasteiger partial charge in [-0.2, -0.15) is 4.31 Å². The fourth-order valence-electron chi connectivity index (χ4n) is 1.17. The van der Waals surface area contributed by atoms with E-state index in [2.05, 4.69) is 15.9 Å². The fraction of sp³-hybridized carbons (Fsp3) is 0.333. The van der Waals surface area contributed by atoms with Crippen molar-refractivity contribution in [3.05, 3.63) is 26.7 Å². The summed E-state index contributed by atoms with van der Waals surface area (Å²) in [6.45, 7) is 0.187. The molecule has 0 saturated heterocycles. The first kappa shape index (κ1) is 15.5. The van der Waals surface area contributed by atoms with Crippen LogP contribution in [0.15, 0.2) is 21.5 Å². The smallest absolute Gasteiger partial charge is 0.207 e. The van der Waals surface area contributed by atoms with Crippen molar-refractivity contribution < 1.29 is 8.42 Å². The lowest BCUT2D eigenvalue weighted by Gasteiger charge is -2.17. The lowest BCUT2D eigenvalue weighted by molar-refractivity contribution is 0.488. The first-order chi connectivity index (χ1) is 7.80. The molecule has 1 aromatic rings. The van der Waals surface area contributed by atoms with Gasteiger partial charge in [-0.1, -0.05) is 39.1 Å². The molecule has 0 radical (unpaired) electrons. The van der Waals surface area contributed by atoms with Gasteiger partial charge in [-0.3, -0.25) is 0 Å². The lowest BCUT2D eigenvalue weighted by atomic mass is 10.4. The number of nitrogens with zero attached hydrogens (tertiary/aromatic N) is 1. The van der Waals surface area contributed by atoms with Gasteiger partial charge in [0.25, 0.3) is 0 Å². The molecule has 0 aromatic heterocycles. The van der Waals surface area contributed by atoms with Gasteiger partial charge in [0.2, 0.25) is 10.0 Å². The van der Waals surface area contributed by atoms with Gasteiger partial charge in [-0.25, -0.2) is 8.42 Å². The van der Waals surface area contributed by atoms with Crippen LogP contribution < -0.4 is 0 Å². The molecule has 0 spiro atoms. The minimum atomic E-state index is -3.72. The molecule has 0 atom stereocenters. The second-order valence-electron chi connectivity index (χ2n) is 3.21. The van der Waals surface area contributed by atoms with Gasteiger partial charge in [0.1, 0.15) is 4.90 Å². The standard InChI is InChI=1S/C9H9BrCl3NO2S/c1-14(3-2-11)17(15,16)9-7(12)4-6(10)5-8(9)13/h4-5H,2-3H2,1H3. The SMILES string of the molecule is CN(CCCl)S(=O)(=O)c1c(Cl)cc(Br)cc1Cl. The lowest BCUT2D eigenvalue weighted by Crippen LogP contribution is -2.29. The number of alkyl halides is 1. The molecule has 0 unspecified atom stereocenters. The van der Waals surface area contributed by atoms with Crippen molar-refractivity contribution in [1.82, 2.24) is 4.31 Å². The molecule has 17 heavy (non-hydrogen) atoms. The highest BCUT2D eigenvalue weighted by molar-refractivity contribution is 9.10. The minimum Gasteiger partial charge on any atom is -0.207 e. The van der Waals surface area contributed by atoms with Crippen molar-refractivity contribution in [2.24, 2.45) is 0 Å². The van der Waals surface area contributed by atoms with E-state index in [1.54, 1.807) is 0 Å². The first-order valence-corrected chi connectivity index (χ1v) is 8.00. The molecule has 0 aliphatic heterocycles. The zero-order valence-electron chi connectivity index (χ0n) is 8.75. The molecule has 0 heterocycles. The van der Waals surface area contributed by atoms with Gasteiger partial charge in [-0.05, 0) is 12.1 Å². The Kier molecular flexibility index (Phi) is 5.56. The number of halogens is 4. The van der Waals surface area contributed by atoms with E-state index in [4.69, 9.17) is 34.8 Å². The highest BCUT2D eigenvalue weighted by Crippen LogP contribution is 2.34. The van der Waals surface area contributed by atoms with Crippen LogP contribution in [0, 0.1) is 0 Å². The van der Waals surface area contributed by atoms with Gasteiger partial charge >= 0.3 is 0 Å². The Morgan fingerprint density at radius 1 is 1.29 bits per heavy atom. The van der Waals surface area contributed by atoms with Crippen LogP contribution in [0.2, 0.25) is 10.0 Å². The van der Waals surface area contributed by atoms with Crippen molar-refractivity contribution in [3.63, 3.8) is 0 Å². The predicted octanol–water partition coefficient (Wildman–Crippen LogP) is 3.62. The minimum absolute atomic E-state index is 0.0748. The van der Waals surface area contributed by atoms with E-state index in [0.717, 1.165) is 4.31 Å². The second-order valence-corrected chi connectivity index (χ2v) is 7.30. The molecule has 0 saturated carbocycles. The van der Waals surface area contributed by atoms with Crippen LogP contribution in [0.3, 0.4) is 0 Å². The topological polar surface area (TPSA) is 37.4 Å². The maximum atomic E-state index is 12.2. The third-order valence-electron chi connectivity index (χ3n) is 2.03. The van der Waals surface area contributed by atoms with E-state index < -0.39 is 10.0 Å². The highest BCUT2D eigenvalue weighted by Gasteiger charge is 2.26. The normalized spacial score (nSPS) is 12.1. The number of sulfonamides is 1. The van der Waals surface area contributed by atoms with Gasteiger partial charge in [-0.15, -0.1) is 11.6 Å². The highest BCUT2D eigenvalue weighted by atomic mass is 79.9. The van der Waals surface area contributed by atoms with Crippen LogP contribution in [0.4, 0.5) is 0 Å². The summed E-state index contributed by atoms with van der Waals surface area (Å²) in [5, 5.41) is 0.150. The molecule has 0 N–H and O–H groups in total. The van der Waals surface area contributed by atoms with E-state index in [1.165, 1.54) is 19.2 Å². The zero-order valence-corrected chi connectivity index (χ0v) is 13.4. The average molecular weight is 382 g/mol. The van der Waals surface area contributed by atoms with Gasteiger partial charge in [0.15, 0.2) is 0 Å².